The zero-order chi connectivity index (χ0) is 17.6. The number of nitrogens with zero attached hydrogens (tertiary/aromatic N) is 3. The van der Waals surface area contributed by atoms with Crippen LogP contribution in [-0.2, 0) is 11.2 Å². The lowest BCUT2D eigenvalue weighted by molar-refractivity contribution is -0.142. The summed E-state index contributed by atoms with van der Waals surface area (Å²) in [5, 5.41) is 27.1. The van der Waals surface area contributed by atoms with Crippen LogP contribution in [0.15, 0.2) is 24.3 Å². The largest absolute Gasteiger partial charge is 0.481 e. The molecule has 1 aliphatic heterocycles. The fourth-order valence-corrected chi connectivity index (χ4v) is 3.68. The van der Waals surface area contributed by atoms with Crippen LogP contribution in [0, 0.1) is 5.92 Å². The Hall–Kier alpha value is -2.28. The lowest BCUT2D eigenvalue weighted by atomic mass is 9.83. The van der Waals surface area contributed by atoms with Crippen LogP contribution < -0.4 is 5.32 Å². The fourth-order valence-electron chi connectivity index (χ4n) is 3.68. The van der Waals surface area contributed by atoms with Crippen LogP contribution >= 0.6 is 0 Å². The summed E-state index contributed by atoms with van der Waals surface area (Å²) in [6.45, 7) is 4.10. The van der Waals surface area contributed by atoms with E-state index >= 15 is 0 Å². The summed E-state index contributed by atoms with van der Waals surface area (Å²) in [6, 6.07) is 8.54. The highest BCUT2D eigenvalue weighted by Gasteiger charge is 2.31. The van der Waals surface area contributed by atoms with Gasteiger partial charge < -0.3 is 10.4 Å². The first-order valence-electron chi connectivity index (χ1n) is 8.95. The number of rotatable bonds is 8. The average molecular weight is 343 g/mol. The van der Waals surface area contributed by atoms with E-state index in [0.29, 0.717) is 24.6 Å². The normalized spacial score (nSPS) is 19.6. The van der Waals surface area contributed by atoms with E-state index in [9.17, 15) is 9.90 Å². The topological polar surface area (TPSA) is 104 Å². The lowest BCUT2D eigenvalue weighted by Crippen LogP contribution is -2.25. The third kappa shape index (κ3) is 4.22. The molecule has 1 saturated heterocycles. The Bertz CT molecular complexity index is 665. The number of hydrogen-bond donors (Lipinski definition) is 3. The highest BCUT2D eigenvalue weighted by molar-refractivity contribution is 5.71. The molecule has 0 amide bonds. The molecule has 134 valence electrons. The van der Waals surface area contributed by atoms with E-state index in [1.54, 1.807) is 0 Å². The molecule has 2 heterocycles. The molecule has 3 rings (SSSR count). The van der Waals surface area contributed by atoms with Crippen molar-refractivity contribution in [1.29, 1.82) is 0 Å². The summed E-state index contributed by atoms with van der Waals surface area (Å²) >= 11 is 0. The van der Waals surface area contributed by atoms with Crippen molar-refractivity contribution in [1.82, 2.24) is 25.9 Å². The van der Waals surface area contributed by atoms with Crippen molar-refractivity contribution in [2.24, 2.45) is 5.92 Å². The molecule has 0 bridgehead atoms. The molecule has 25 heavy (non-hydrogen) atoms. The molecule has 0 saturated carbocycles. The monoisotopic (exact) mass is 343 g/mol. The number of H-pyrrole nitrogens is 1. The Morgan fingerprint density at radius 2 is 2.16 bits per heavy atom. The first-order chi connectivity index (χ1) is 12.2. The number of nitrogens with one attached hydrogen (secondary N) is 2. The van der Waals surface area contributed by atoms with E-state index in [1.165, 1.54) is 12.0 Å². The Kier molecular flexibility index (Phi) is 5.75. The average Bonchev–Trinajstić information content (AvgIpc) is 3.31. The van der Waals surface area contributed by atoms with Gasteiger partial charge in [-0.15, -0.1) is 5.10 Å². The number of aromatic nitrogens is 4. The first-order valence-corrected chi connectivity index (χ1v) is 8.95. The molecular formula is C18H25N5O2. The molecule has 1 fully saturated rings. The Labute approximate surface area is 147 Å². The number of carbonyl (C=O) groups is 1. The van der Waals surface area contributed by atoms with E-state index in [1.807, 2.05) is 6.92 Å². The highest BCUT2D eigenvalue weighted by Crippen LogP contribution is 2.30. The van der Waals surface area contributed by atoms with Crippen molar-refractivity contribution in [3.63, 3.8) is 0 Å². The number of carboxylic acid groups (broad SMARTS) is 1. The van der Waals surface area contributed by atoms with Gasteiger partial charge in [0.1, 0.15) is 0 Å². The van der Waals surface area contributed by atoms with Gasteiger partial charge in [-0.3, -0.25) is 4.79 Å². The molecule has 3 N–H and O–H groups in total. The smallest absolute Gasteiger partial charge is 0.307 e. The minimum absolute atomic E-state index is 0.258. The number of tetrazole rings is 1. The second kappa shape index (κ2) is 8.20. The predicted molar refractivity (Wildman–Crippen MR) is 93.3 cm³/mol. The first kappa shape index (κ1) is 17.5. The van der Waals surface area contributed by atoms with Crippen LogP contribution in [0.3, 0.4) is 0 Å². The van der Waals surface area contributed by atoms with Crippen molar-refractivity contribution in [2.75, 3.05) is 13.1 Å². The number of benzene rings is 1. The van der Waals surface area contributed by atoms with Crippen LogP contribution in [0.25, 0.3) is 0 Å². The van der Waals surface area contributed by atoms with Gasteiger partial charge in [-0.2, -0.15) is 0 Å². The molecule has 0 aliphatic carbocycles. The third-order valence-corrected chi connectivity index (χ3v) is 5.08. The SMILES string of the molecule is CCC[C@H](C(=O)O)[C@H](Cc1ccc(C2CCNC2)cc1)c1nnn[nH]1. The highest BCUT2D eigenvalue weighted by atomic mass is 16.4. The molecule has 7 nitrogen and oxygen atoms in total. The van der Waals surface area contributed by atoms with Crippen LogP contribution in [0.4, 0.5) is 0 Å². The van der Waals surface area contributed by atoms with Crippen molar-refractivity contribution in [3.8, 4) is 0 Å². The lowest BCUT2D eigenvalue weighted by Gasteiger charge is -2.21. The fraction of sp³-hybridized carbons (Fsp3) is 0.556. The van der Waals surface area contributed by atoms with Crippen molar-refractivity contribution >= 4 is 5.97 Å². The zero-order valence-electron chi connectivity index (χ0n) is 14.5. The molecule has 1 unspecified atom stereocenters. The molecule has 1 aromatic carbocycles. The standard InChI is InChI=1S/C18H25N5O2/c1-2-3-15(18(24)25)16(17-20-22-23-21-17)10-12-4-6-13(7-5-12)14-8-9-19-11-14/h4-7,14-16,19H,2-3,8-11H2,1H3,(H,24,25)(H,20,21,22,23)/t14?,15-,16-/m0/s1. The van der Waals surface area contributed by atoms with Crippen molar-refractivity contribution in [3.05, 3.63) is 41.2 Å². The van der Waals surface area contributed by atoms with Gasteiger partial charge in [-0.1, -0.05) is 37.6 Å². The van der Waals surface area contributed by atoms with Crippen LogP contribution in [0.5, 0.6) is 0 Å². The zero-order valence-corrected chi connectivity index (χ0v) is 14.5. The van der Waals surface area contributed by atoms with Crippen molar-refractivity contribution in [2.45, 2.75) is 44.4 Å². The number of aromatic amines is 1. The predicted octanol–water partition coefficient (Wildman–Crippen LogP) is 2.10. The van der Waals surface area contributed by atoms with Gasteiger partial charge in [0.25, 0.3) is 0 Å². The van der Waals surface area contributed by atoms with Gasteiger partial charge in [0.2, 0.25) is 0 Å². The van der Waals surface area contributed by atoms with E-state index in [0.717, 1.165) is 25.1 Å². The van der Waals surface area contributed by atoms with E-state index in [2.05, 4.69) is 50.2 Å². The number of hydrogen-bond acceptors (Lipinski definition) is 5. The maximum atomic E-state index is 11.8. The molecular weight excluding hydrogens is 318 g/mol. The summed E-state index contributed by atoms with van der Waals surface area (Å²) in [6.07, 6.45) is 3.19. The Balaban J connectivity index is 1.78. The van der Waals surface area contributed by atoms with Gasteiger partial charge in [-0.05, 0) is 53.3 Å². The molecule has 1 aliphatic rings. The van der Waals surface area contributed by atoms with E-state index in [-0.39, 0.29) is 5.92 Å². The van der Waals surface area contributed by atoms with Crippen LogP contribution in [0.2, 0.25) is 0 Å². The maximum absolute atomic E-state index is 11.8. The van der Waals surface area contributed by atoms with Crippen molar-refractivity contribution < 1.29 is 9.90 Å². The van der Waals surface area contributed by atoms with Crippen LogP contribution in [-0.4, -0.2) is 44.8 Å². The minimum atomic E-state index is -0.795. The Morgan fingerprint density at radius 3 is 2.72 bits per heavy atom. The summed E-state index contributed by atoms with van der Waals surface area (Å²) in [5.41, 5.74) is 2.45. The quantitative estimate of drug-likeness (QED) is 0.678. The van der Waals surface area contributed by atoms with Gasteiger partial charge >= 0.3 is 5.97 Å². The molecule has 0 radical (unpaired) electrons. The molecule has 7 heteroatoms. The maximum Gasteiger partial charge on any atom is 0.307 e. The van der Waals surface area contributed by atoms with E-state index in [4.69, 9.17) is 0 Å². The molecule has 0 spiro atoms. The molecule has 2 aromatic rings. The molecule has 3 atom stereocenters. The summed E-state index contributed by atoms with van der Waals surface area (Å²) in [7, 11) is 0. The van der Waals surface area contributed by atoms with Gasteiger partial charge in [-0.25, -0.2) is 5.10 Å². The molecule has 1 aromatic heterocycles. The van der Waals surface area contributed by atoms with Gasteiger partial charge in [0.05, 0.1) is 5.92 Å². The summed E-state index contributed by atoms with van der Waals surface area (Å²) < 4.78 is 0. The summed E-state index contributed by atoms with van der Waals surface area (Å²) in [5.74, 6) is -0.429. The number of carboxylic acids is 1. The second-order valence-electron chi connectivity index (χ2n) is 6.76. The third-order valence-electron chi connectivity index (χ3n) is 5.08. The van der Waals surface area contributed by atoms with E-state index < -0.39 is 11.9 Å². The summed E-state index contributed by atoms with van der Waals surface area (Å²) in [4.78, 5) is 11.8. The van der Waals surface area contributed by atoms with Gasteiger partial charge in [0.15, 0.2) is 5.82 Å². The Morgan fingerprint density at radius 1 is 1.36 bits per heavy atom. The second-order valence-corrected chi connectivity index (χ2v) is 6.76. The van der Waals surface area contributed by atoms with Crippen LogP contribution in [0.1, 0.15) is 55.0 Å². The van der Waals surface area contributed by atoms with Gasteiger partial charge in [0, 0.05) is 12.5 Å². The minimum Gasteiger partial charge on any atom is -0.481 e. The number of aliphatic carboxylic acids is 1.